The van der Waals surface area contributed by atoms with Gasteiger partial charge in [-0.3, -0.25) is 0 Å². The Morgan fingerprint density at radius 3 is 1.71 bits per heavy atom. The molecule has 0 atom stereocenters. The predicted molar refractivity (Wildman–Crippen MR) is 205 cm³/mol. The van der Waals surface area contributed by atoms with Gasteiger partial charge in [-0.05, 0) is 160 Å². The van der Waals surface area contributed by atoms with Gasteiger partial charge in [0, 0.05) is 22.5 Å². The summed E-state index contributed by atoms with van der Waals surface area (Å²) in [5, 5.41) is 0. The molecule has 0 aliphatic heterocycles. The van der Waals surface area contributed by atoms with Gasteiger partial charge in [0.25, 0.3) is 0 Å². The van der Waals surface area contributed by atoms with Crippen LogP contribution in [0.2, 0.25) is 0 Å². The van der Waals surface area contributed by atoms with Crippen molar-refractivity contribution in [2.75, 3.05) is 4.90 Å². The van der Waals surface area contributed by atoms with Crippen molar-refractivity contribution in [3.8, 4) is 22.3 Å². The number of rotatable bonds is 4. The summed E-state index contributed by atoms with van der Waals surface area (Å²) in [7, 11) is 0. The minimum Gasteiger partial charge on any atom is -0.310 e. The molecule has 0 saturated heterocycles. The lowest BCUT2D eigenvalue weighted by atomic mass is 9.43. The second-order valence-corrected chi connectivity index (χ2v) is 16.2. The number of hydrogen-bond acceptors (Lipinski definition) is 1. The molecule has 6 aliphatic carbocycles. The summed E-state index contributed by atoms with van der Waals surface area (Å²) >= 11 is 0. The highest BCUT2D eigenvalue weighted by molar-refractivity contribution is 5.87. The smallest absolute Gasteiger partial charge is 0.0648 e. The van der Waals surface area contributed by atoms with Crippen molar-refractivity contribution >= 4 is 17.1 Å². The van der Waals surface area contributed by atoms with Crippen LogP contribution in [0.4, 0.5) is 17.1 Å². The number of hydrogen-bond donors (Lipinski definition) is 0. The SMILES string of the molecule is [2H]c1c([2H])c([2H])c(-c2c([2H])c([2H])c(N(c3c([2H])c([2H])c4c(c3[2H])C(C)(C)CCC4(C)C)c3c([2H])c([2H])c4c(c3[2H])C3(c5c([2H])c([2H])c([2H])c([2H])c5-4)C4CC5CC(C4)CC3C5)c([2H])c2[2H])c([2H])c1[2H]. The highest BCUT2D eigenvalue weighted by atomic mass is 15.1. The van der Waals surface area contributed by atoms with E-state index in [1.54, 1.807) is 0 Å². The summed E-state index contributed by atoms with van der Waals surface area (Å²) in [5.41, 5.74) is -4.28. The van der Waals surface area contributed by atoms with Crippen LogP contribution in [-0.4, -0.2) is 0 Å². The van der Waals surface area contributed by atoms with E-state index in [0.717, 1.165) is 11.3 Å². The fraction of sp³-hybridized carbons (Fsp3) is 0.375. The van der Waals surface area contributed by atoms with E-state index in [-0.39, 0.29) is 52.2 Å². The molecule has 1 spiro atoms. The van der Waals surface area contributed by atoms with Gasteiger partial charge in [0.15, 0.2) is 0 Å². The maximum absolute atomic E-state index is 10.5. The lowest BCUT2D eigenvalue weighted by Crippen LogP contribution is -2.55. The lowest BCUT2D eigenvalue weighted by molar-refractivity contribution is -0.0399. The van der Waals surface area contributed by atoms with E-state index in [2.05, 4.69) is 0 Å². The zero-order chi connectivity index (χ0) is 49.7. The largest absolute Gasteiger partial charge is 0.310 e. The Morgan fingerprint density at radius 2 is 1.02 bits per heavy atom. The van der Waals surface area contributed by atoms with Crippen LogP contribution in [0.25, 0.3) is 22.3 Å². The molecule has 0 unspecified atom stereocenters. The van der Waals surface area contributed by atoms with Crippen LogP contribution < -0.4 is 4.90 Å². The lowest BCUT2D eigenvalue weighted by Gasteiger charge is -2.61. The fourth-order valence-electron chi connectivity index (χ4n) is 10.3. The first-order valence-corrected chi connectivity index (χ1v) is 17.5. The van der Waals surface area contributed by atoms with Gasteiger partial charge in [0.1, 0.15) is 0 Å². The molecule has 4 bridgehead atoms. The summed E-state index contributed by atoms with van der Waals surface area (Å²) in [6.07, 6.45) is 4.92. The van der Waals surface area contributed by atoms with Crippen LogP contribution in [0.1, 0.15) is 121 Å². The van der Waals surface area contributed by atoms with Crippen molar-refractivity contribution in [3.63, 3.8) is 0 Å². The average molecular weight is 659 g/mol. The van der Waals surface area contributed by atoms with E-state index in [4.69, 9.17) is 9.60 Å². The first-order chi connectivity index (χ1) is 31.7. The Labute approximate surface area is 320 Å². The zero-order valence-electron chi connectivity index (χ0n) is 47.2. The van der Waals surface area contributed by atoms with Gasteiger partial charge >= 0.3 is 0 Å². The summed E-state index contributed by atoms with van der Waals surface area (Å²) in [6.45, 7) is 7.63. The van der Waals surface area contributed by atoms with Gasteiger partial charge in [-0.1, -0.05) is 106 Å². The predicted octanol–water partition coefficient (Wildman–Crippen LogP) is 12.9. The van der Waals surface area contributed by atoms with E-state index in [9.17, 15) is 16.4 Å². The van der Waals surface area contributed by atoms with Crippen LogP contribution in [0.3, 0.4) is 0 Å². The third kappa shape index (κ3) is 4.30. The van der Waals surface area contributed by atoms with Crippen molar-refractivity contribution in [1.29, 1.82) is 0 Å². The Morgan fingerprint density at radius 1 is 0.490 bits per heavy atom. The average Bonchev–Trinajstić information content (AvgIpc) is 3.60. The zero-order valence-corrected chi connectivity index (χ0v) is 28.2. The standard InChI is InChI=1S/C48H49N/c1-46(2)22-23-47(3,4)45-30-39(19-21-43(45)46)49(37-16-14-34(15-17-37)33-10-6-5-7-11-33)38-18-20-41-40-12-8-9-13-42(40)48(44(41)29-38)35-25-31-24-32(27-35)28-36(48)26-31/h5-21,29-32,35-36H,22-28H2,1-4H3/i5D,6D,7D,8D,9D,10D,11D,12D,13D,14D,15D,16D,17D,18D,19D,20D,21D,29D,30D. The second kappa shape index (κ2) is 10.5. The molecule has 0 heterocycles. The molecule has 0 aromatic heterocycles. The summed E-state index contributed by atoms with van der Waals surface area (Å²) in [6, 6.07) is -12.0. The molecule has 49 heavy (non-hydrogen) atoms. The number of benzene rings is 5. The molecule has 6 aliphatic rings. The molecule has 1 nitrogen and oxygen atoms in total. The summed E-state index contributed by atoms with van der Waals surface area (Å²) in [4.78, 5) is 0.956. The van der Waals surface area contributed by atoms with Crippen LogP contribution in [0, 0.1) is 23.7 Å². The van der Waals surface area contributed by atoms with E-state index in [1.807, 2.05) is 27.7 Å². The highest BCUT2D eigenvalue weighted by Crippen LogP contribution is 2.69. The minimum atomic E-state index is -1.24. The molecule has 4 saturated carbocycles. The van der Waals surface area contributed by atoms with Gasteiger partial charge < -0.3 is 4.90 Å². The number of fused-ring (bicyclic) bond motifs is 4. The molecular formula is C48H49N. The Hall–Kier alpha value is -4.10. The van der Waals surface area contributed by atoms with Crippen molar-refractivity contribution in [1.82, 2.24) is 0 Å². The first kappa shape index (κ1) is 16.3. The van der Waals surface area contributed by atoms with Crippen molar-refractivity contribution in [2.45, 2.75) is 88.9 Å². The molecule has 0 N–H and O–H groups in total. The van der Waals surface area contributed by atoms with Gasteiger partial charge in [0.2, 0.25) is 0 Å². The van der Waals surface area contributed by atoms with Gasteiger partial charge in [0.05, 0.1) is 26.0 Å². The Kier molecular flexibility index (Phi) is 3.47. The minimum absolute atomic E-state index is 0.000891. The molecule has 4 fully saturated rings. The molecule has 0 amide bonds. The van der Waals surface area contributed by atoms with Crippen molar-refractivity contribution in [3.05, 3.63) is 137 Å². The van der Waals surface area contributed by atoms with Crippen molar-refractivity contribution in [2.24, 2.45) is 23.7 Å². The maximum atomic E-state index is 10.5. The Bertz CT molecular complexity index is 3070. The van der Waals surface area contributed by atoms with E-state index in [1.165, 1.54) is 0 Å². The summed E-state index contributed by atoms with van der Waals surface area (Å²) < 4.78 is 177. The fourth-order valence-corrected chi connectivity index (χ4v) is 10.3. The van der Waals surface area contributed by atoms with Crippen LogP contribution >= 0.6 is 0 Å². The molecular weight excluding hydrogens is 591 g/mol. The topological polar surface area (TPSA) is 3.24 Å². The molecule has 5 aromatic carbocycles. The maximum Gasteiger partial charge on any atom is 0.0648 e. The van der Waals surface area contributed by atoms with Gasteiger partial charge in [-0.15, -0.1) is 0 Å². The monoisotopic (exact) mass is 659 g/mol. The second-order valence-electron chi connectivity index (χ2n) is 16.2. The molecule has 11 rings (SSSR count). The van der Waals surface area contributed by atoms with Crippen LogP contribution in [0.5, 0.6) is 0 Å². The number of anilines is 3. The summed E-state index contributed by atoms with van der Waals surface area (Å²) in [5.74, 6) is 0.197. The molecule has 246 valence electrons. The first-order valence-electron chi connectivity index (χ1n) is 27.0. The van der Waals surface area contributed by atoms with E-state index >= 15 is 0 Å². The molecule has 5 aromatic rings. The van der Waals surface area contributed by atoms with Gasteiger partial charge in [-0.25, -0.2) is 0 Å². The van der Waals surface area contributed by atoms with Crippen LogP contribution in [-0.2, 0) is 16.2 Å². The highest BCUT2D eigenvalue weighted by Gasteiger charge is 2.61. The number of nitrogens with zero attached hydrogens (tertiary/aromatic N) is 1. The quantitative estimate of drug-likeness (QED) is 0.186. The van der Waals surface area contributed by atoms with Crippen LogP contribution in [0.15, 0.2) is 115 Å². The Balaban J connectivity index is 1.39. The van der Waals surface area contributed by atoms with Crippen molar-refractivity contribution < 1.29 is 26.0 Å². The van der Waals surface area contributed by atoms with Gasteiger partial charge in [-0.2, -0.15) is 0 Å². The third-order valence-electron chi connectivity index (χ3n) is 12.6. The molecule has 0 radical (unpaired) electrons. The third-order valence-corrected chi connectivity index (χ3v) is 12.6. The normalized spacial score (nSPS) is 33.3. The molecule has 1 heteroatoms. The van der Waals surface area contributed by atoms with E-state index in [0.29, 0.717) is 61.5 Å². The van der Waals surface area contributed by atoms with E-state index < -0.39 is 141 Å².